The zero-order valence-electron chi connectivity index (χ0n) is 20.5. The molecule has 1 aromatic carbocycles. The first-order valence-corrected chi connectivity index (χ1v) is 11.1. The Bertz CT molecular complexity index is 1140. The van der Waals surface area contributed by atoms with Gasteiger partial charge in [-0.15, -0.1) is 24.0 Å². The van der Waals surface area contributed by atoms with E-state index in [4.69, 9.17) is 5.73 Å². The molecular formula is C24H34IN9. The van der Waals surface area contributed by atoms with E-state index in [9.17, 15) is 5.26 Å². The third kappa shape index (κ3) is 6.28. The fourth-order valence-electron chi connectivity index (χ4n) is 3.88. The van der Waals surface area contributed by atoms with Crippen molar-refractivity contribution in [2.24, 2.45) is 12.0 Å². The Morgan fingerprint density at radius 1 is 1.26 bits per heavy atom. The van der Waals surface area contributed by atoms with E-state index in [2.05, 4.69) is 51.5 Å². The van der Waals surface area contributed by atoms with Gasteiger partial charge in [0.05, 0.1) is 17.1 Å². The second-order valence-corrected chi connectivity index (χ2v) is 8.37. The van der Waals surface area contributed by atoms with E-state index in [1.807, 2.05) is 49.1 Å². The molecule has 0 amide bonds. The SMILES string of the molecule is CN=C(NCCCc1nn(-c2ccccc2)c(N)c1C#N)N(C)Cc1cn(C)nc1C(C)C.I. The van der Waals surface area contributed by atoms with Crippen molar-refractivity contribution in [2.45, 2.75) is 39.2 Å². The average Bonchev–Trinajstić information content (AvgIpc) is 3.33. The number of guanidine groups is 1. The molecule has 0 fully saturated rings. The number of nitrogens with one attached hydrogen (secondary N) is 1. The van der Waals surface area contributed by atoms with E-state index >= 15 is 0 Å². The van der Waals surface area contributed by atoms with Crippen LogP contribution in [0.2, 0.25) is 0 Å². The van der Waals surface area contributed by atoms with Crippen LogP contribution in [-0.4, -0.2) is 51.1 Å². The van der Waals surface area contributed by atoms with Gasteiger partial charge in [0.15, 0.2) is 5.96 Å². The Labute approximate surface area is 218 Å². The molecule has 0 aliphatic heterocycles. The van der Waals surface area contributed by atoms with Gasteiger partial charge in [-0.25, -0.2) is 4.68 Å². The molecule has 0 atom stereocenters. The molecule has 3 aromatic rings. The molecular weight excluding hydrogens is 541 g/mol. The average molecular weight is 576 g/mol. The molecule has 0 aliphatic carbocycles. The topological polar surface area (TPSA) is 113 Å². The number of nitrogens with two attached hydrogens (primary N) is 1. The minimum Gasteiger partial charge on any atom is -0.382 e. The number of anilines is 1. The standard InChI is InChI=1S/C24H33N9.HI/c1-17(2)22-18(16-32(5)30-22)15-31(4)24(27-3)28-13-9-12-21-20(14-25)23(26)33(29-21)19-10-7-6-8-11-19;/h6-8,10-11,16-17H,9,12-13,15,26H2,1-5H3,(H,27,28);1H. The van der Waals surface area contributed by atoms with Crippen LogP contribution in [0.3, 0.4) is 0 Å². The van der Waals surface area contributed by atoms with Crippen molar-refractivity contribution in [3.8, 4) is 11.8 Å². The van der Waals surface area contributed by atoms with E-state index in [0.29, 0.717) is 36.0 Å². The van der Waals surface area contributed by atoms with Crippen molar-refractivity contribution < 1.29 is 0 Å². The Kier molecular flexibility index (Phi) is 9.92. The summed E-state index contributed by atoms with van der Waals surface area (Å²) in [4.78, 5) is 6.50. The summed E-state index contributed by atoms with van der Waals surface area (Å²) >= 11 is 0. The number of aliphatic imine (C=N–C) groups is 1. The number of hydrogen-bond acceptors (Lipinski definition) is 5. The molecule has 10 heteroatoms. The highest BCUT2D eigenvalue weighted by atomic mass is 127. The summed E-state index contributed by atoms with van der Waals surface area (Å²) in [5.41, 5.74) is 10.5. The molecule has 0 unspecified atom stereocenters. The van der Waals surface area contributed by atoms with Gasteiger partial charge in [0.1, 0.15) is 17.5 Å². The number of nitriles is 1. The lowest BCUT2D eigenvalue weighted by Gasteiger charge is -2.22. The van der Waals surface area contributed by atoms with Crippen LogP contribution in [-0.2, 0) is 20.0 Å². The Morgan fingerprint density at radius 2 is 1.97 bits per heavy atom. The molecule has 9 nitrogen and oxygen atoms in total. The van der Waals surface area contributed by atoms with Crippen LogP contribution in [0.15, 0.2) is 41.5 Å². The van der Waals surface area contributed by atoms with Gasteiger partial charge < -0.3 is 16.0 Å². The minimum atomic E-state index is 0. The highest BCUT2D eigenvalue weighted by Gasteiger charge is 2.17. The van der Waals surface area contributed by atoms with Crippen molar-refractivity contribution in [1.29, 1.82) is 5.26 Å². The minimum absolute atomic E-state index is 0. The molecule has 2 heterocycles. The Morgan fingerprint density at radius 3 is 2.59 bits per heavy atom. The number of nitrogens with zero attached hydrogens (tertiary/aromatic N) is 7. The summed E-state index contributed by atoms with van der Waals surface area (Å²) in [7, 11) is 5.74. The van der Waals surface area contributed by atoms with Crippen LogP contribution in [0.25, 0.3) is 5.69 Å². The van der Waals surface area contributed by atoms with Crippen LogP contribution >= 0.6 is 24.0 Å². The number of aromatic nitrogens is 4. The van der Waals surface area contributed by atoms with Gasteiger partial charge in [0.2, 0.25) is 0 Å². The number of rotatable bonds is 8. The smallest absolute Gasteiger partial charge is 0.193 e. The van der Waals surface area contributed by atoms with Crippen molar-refractivity contribution in [3.05, 3.63) is 59.0 Å². The first-order chi connectivity index (χ1) is 15.8. The van der Waals surface area contributed by atoms with Crippen molar-refractivity contribution in [3.63, 3.8) is 0 Å². The van der Waals surface area contributed by atoms with E-state index in [1.54, 1.807) is 11.7 Å². The second-order valence-electron chi connectivity index (χ2n) is 8.37. The molecule has 3 N–H and O–H groups in total. The predicted molar refractivity (Wildman–Crippen MR) is 147 cm³/mol. The van der Waals surface area contributed by atoms with Crippen molar-refractivity contribution >= 4 is 35.8 Å². The van der Waals surface area contributed by atoms with Crippen LogP contribution < -0.4 is 11.1 Å². The molecule has 0 spiro atoms. The van der Waals surface area contributed by atoms with E-state index in [-0.39, 0.29) is 24.0 Å². The monoisotopic (exact) mass is 575 g/mol. The largest absolute Gasteiger partial charge is 0.382 e. The van der Waals surface area contributed by atoms with Gasteiger partial charge in [-0.05, 0) is 30.9 Å². The molecule has 2 aromatic heterocycles. The number of halogens is 1. The van der Waals surface area contributed by atoms with E-state index in [0.717, 1.165) is 30.3 Å². The highest BCUT2D eigenvalue weighted by Crippen LogP contribution is 2.21. The number of benzene rings is 1. The van der Waals surface area contributed by atoms with Gasteiger partial charge in [-0.1, -0.05) is 32.0 Å². The number of para-hydroxylation sites is 1. The molecule has 0 bridgehead atoms. The number of aryl methyl sites for hydroxylation is 2. The van der Waals surface area contributed by atoms with Crippen molar-refractivity contribution in [1.82, 2.24) is 29.8 Å². The summed E-state index contributed by atoms with van der Waals surface area (Å²) in [5, 5.41) is 22.2. The summed E-state index contributed by atoms with van der Waals surface area (Å²) < 4.78 is 3.50. The third-order valence-electron chi connectivity index (χ3n) is 5.44. The zero-order valence-corrected chi connectivity index (χ0v) is 22.8. The van der Waals surface area contributed by atoms with Crippen LogP contribution in [0.5, 0.6) is 0 Å². The van der Waals surface area contributed by atoms with Crippen LogP contribution in [0, 0.1) is 11.3 Å². The van der Waals surface area contributed by atoms with Crippen LogP contribution in [0.1, 0.15) is 48.7 Å². The maximum Gasteiger partial charge on any atom is 0.193 e. The summed E-state index contributed by atoms with van der Waals surface area (Å²) in [6.45, 7) is 5.72. The van der Waals surface area contributed by atoms with E-state index < -0.39 is 0 Å². The van der Waals surface area contributed by atoms with Crippen LogP contribution in [0.4, 0.5) is 5.82 Å². The first kappa shape index (κ1) is 27.2. The lowest BCUT2D eigenvalue weighted by atomic mass is 10.1. The first-order valence-electron chi connectivity index (χ1n) is 11.1. The summed E-state index contributed by atoms with van der Waals surface area (Å²) in [5.74, 6) is 1.55. The summed E-state index contributed by atoms with van der Waals surface area (Å²) in [6, 6.07) is 11.8. The fraction of sp³-hybridized carbons (Fsp3) is 0.417. The molecule has 182 valence electrons. The molecule has 0 aliphatic rings. The van der Waals surface area contributed by atoms with Gasteiger partial charge in [-0.3, -0.25) is 9.67 Å². The van der Waals surface area contributed by atoms with Gasteiger partial charge >= 0.3 is 0 Å². The lowest BCUT2D eigenvalue weighted by molar-refractivity contribution is 0.472. The molecule has 0 saturated heterocycles. The normalized spacial score (nSPS) is 11.3. The number of nitrogen functional groups attached to an aromatic ring is 1. The molecule has 34 heavy (non-hydrogen) atoms. The van der Waals surface area contributed by atoms with Gasteiger partial charge in [-0.2, -0.15) is 15.5 Å². The predicted octanol–water partition coefficient (Wildman–Crippen LogP) is 3.44. The fourth-order valence-corrected chi connectivity index (χ4v) is 3.88. The lowest BCUT2D eigenvalue weighted by Crippen LogP contribution is -2.39. The highest BCUT2D eigenvalue weighted by molar-refractivity contribution is 14.0. The van der Waals surface area contributed by atoms with Gasteiger partial charge in [0, 0.05) is 46.0 Å². The van der Waals surface area contributed by atoms with Crippen molar-refractivity contribution in [2.75, 3.05) is 26.4 Å². The molecule has 0 saturated carbocycles. The third-order valence-corrected chi connectivity index (χ3v) is 5.44. The van der Waals surface area contributed by atoms with Gasteiger partial charge in [0.25, 0.3) is 0 Å². The maximum absolute atomic E-state index is 9.59. The maximum atomic E-state index is 9.59. The quantitative estimate of drug-likeness (QED) is 0.184. The van der Waals surface area contributed by atoms with E-state index in [1.165, 1.54) is 5.56 Å². The molecule has 3 rings (SSSR count). The zero-order chi connectivity index (χ0) is 24.0. The Hall–Kier alpha value is -3.07. The second kappa shape index (κ2) is 12.4. The molecule has 0 radical (unpaired) electrons. The summed E-state index contributed by atoms with van der Waals surface area (Å²) in [6.07, 6.45) is 3.49. The Balaban J connectivity index is 0.00000408. The number of hydrogen-bond donors (Lipinski definition) is 2.